The molecule has 3 nitrogen and oxygen atoms in total. The van der Waals surface area contributed by atoms with Gasteiger partial charge in [0.15, 0.2) is 0 Å². The van der Waals surface area contributed by atoms with Crippen molar-refractivity contribution in [1.29, 1.82) is 0 Å². The summed E-state index contributed by atoms with van der Waals surface area (Å²) in [6.45, 7) is 14.7. The molecule has 1 aliphatic carbocycles. The molecule has 0 unspecified atom stereocenters. The fraction of sp³-hybridized carbons (Fsp3) is 0.778. The molecule has 22 heavy (non-hydrogen) atoms. The maximum absolute atomic E-state index is 6.43. The Morgan fingerprint density at radius 1 is 0.955 bits per heavy atom. The Balaban J connectivity index is 3.20. The molecule has 0 spiro atoms. The minimum atomic E-state index is -3.92. The van der Waals surface area contributed by atoms with Crippen LogP contribution >= 0.6 is 0 Å². The van der Waals surface area contributed by atoms with Crippen molar-refractivity contribution in [2.75, 3.05) is 0 Å². The van der Waals surface area contributed by atoms with Gasteiger partial charge in [-0.25, -0.2) is 0 Å². The molecule has 0 aromatic rings. The summed E-state index contributed by atoms with van der Waals surface area (Å²) in [6, 6.07) is 0. The zero-order valence-corrected chi connectivity index (χ0v) is 19.0. The third-order valence-electron chi connectivity index (χ3n) is 3.37. The Bertz CT molecular complexity index is 371. The van der Waals surface area contributed by atoms with Crippen LogP contribution in [0.25, 0.3) is 0 Å². The van der Waals surface area contributed by atoms with E-state index in [9.17, 15) is 0 Å². The van der Waals surface area contributed by atoms with Crippen LogP contribution in [0.1, 0.15) is 74.1 Å². The van der Waals surface area contributed by atoms with E-state index in [0.717, 1.165) is 12.8 Å². The summed E-state index contributed by atoms with van der Waals surface area (Å²) in [4.78, 5) is 0. The first-order valence-corrected chi connectivity index (χ1v) is 14.9. The molecule has 0 aromatic heterocycles. The fourth-order valence-electron chi connectivity index (χ4n) is 2.70. The van der Waals surface area contributed by atoms with Gasteiger partial charge < -0.3 is 0 Å². The van der Waals surface area contributed by atoms with Crippen LogP contribution in [0.2, 0.25) is 0 Å². The first-order chi connectivity index (χ1) is 10.3. The SMILES string of the molecule is CCCCC1=[C]([Hf]([O]C(C)C)([O]C(C)C)[O]C(C)C)CC=C1. The number of hydrogen-bond donors (Lipinski definition) is 0. The molecule has 0 atom stereocenters. The van der Waals surface area contributed by atoms with Gasteiger partial charge in [-0.1, -0.05) is 0 Å². The topological polar surface area (TPSA) is 27.7 Å². The average Bonchev–Trinajstić information content (AvgIpc) is 2.82. The van der Waals surface area contributed by atoms with Crippen LogP contribution in [0.15, 0.2) is 21.1 Å². The summed E-state index contributed by atoms with van der Waals surface area (Å²) in [5.41, 5.74) is 1.41. The second-order valence-electron chi connectivity index (χ2n) is 6.77. The van der Waals surface area contributed by atoms with Crippen molar-refractivity contribution in [2.45, 2.75) is 92.5 Å². The Morgan fingerprint density at radius 3 is 1.86 bits per heavy atom. The average molecular weight is 477 g/mol. The molecule has 0 heterocycles. The first-order valence-electron chi connectivity index (χ1n) is 8.73. The number of hydrogen-bond acceptors (Lipinski definition) is 3. The summed E-state index contributed by atoms with van der Waals surface area (Å²) >= 11 is -3.92. The number of rotatable bonds is 10. The molecule has 0 aliphatic heterocycles. The molecular weight excluding hydrogens is 443 g/mol. The predicted molar refractivity (Wildman–Crippen MR) is 89.0 cm³/mol. The second kappa shape index (κ2) is 9.51. The van der Waals surface area contributed by atoms with E-state index in [-0.39, 0.29) is 18.3 Å². The zero-order chi connectivity index (χ0) is 16.8. The molecule has 1 rings (SSSR count). The van der Waals surface area contributed by atoms with Crippen molar-refractivity contribution in [3.05, 3.63) is 21.1 Å². The molecule has 0 aromatic carbocycles. The quantitative estimate of drug-likeness (QED) is 0.386. The fourth-order valence-corrected chi connectivity index (χ4v) is 15.0. The van der Waals surface area contributed by atoms with Gasteiger partial charge in [0, 0.05) is 0 Å². The molecule has 0 amide bonds. The third-order valence-corrected chi connectivity index (χ3v) is 16.3. The minimum absolute atomic E-state index is 0.125. The predicted octanol–water partition coefficient (Wildman–Crippen LogP) is 5.56. The van der Waals surface area contributed by atoms with E-state index in [4.69, 9.17) is 8.56 Å². The van der Waals surface area contributed by atoms with E-state index < -0.39 is 21.3 Å². The Hall–Kier alpha value is 0.230. The van der Waals surface area contributed by atoms with Gasteiger partial charge in [0.25, 0.3) is 0 Å². The molecule has 1 aliphatic rings. The van der Waals surface area contributed by atoms with Gasteiger partial charge in [0.1, 0.15) is 0 Å². The van der Waals surface area contributed by atoms with Crippen molar-refractivity contribution in [3.63, 3.8) is 0 Å². The van der Waals surface area contributed by atoms with E-state index in [0.29, 0.717) is 0 Å². The second-order valence-corrected chi connectivity index (χ2v) is 15.5. The van der Waals surface area contributed by atoms with Crippen LogP contribution in [0.3, 0.4) is 0 Å². The number of unbranched alkanes of at least 4 members (excludes halogenated alkanes) is 1. The summed E-state index contributed by atoms with van der Waals surface area (Å²) in [5.74, 6) is 0. The summed E-state index contributed by atoms with van der Waals surface area (Å²) in [5, 5.41) is 0. The molecule has 0 fully saturated rings. The van der Waals surface area contributed by atoms with Gasteiger partial charge in [-0.15, -0.1) is 0 Å². The van der Waals surface area contributed by atoms with E-state index in [2.05, 4.69) is 60.6 Å². The Morgan fingerprint density at radius 2 is 1.45 bits per heavy atom. The molecule has 0 radical (unpaired) electrons. The van der Waals surface area contributed by atoms with Crippen LogP contribution in [0, 0.1) is 0 Å². The number of allylic oxidation sites excluding steroid dienone is 4. The molecule has 0 N–H and O–H groups in total. The van der Waals surface area contributed by atoms with Crippen LogP contribution in [0.5, 0.6) is 0 Å². The maximum atomic E-state index is 6.43. The van der Waals surface area contributed by atoms with Gasteiger partial charge in [0.05, 0.1) is 0 Å². The molecule has 128 valence electrons. The van der Waals surface area contributed by atoms with Gasteiger partial charge in [-0.05, 0) is 0 Å². The third kappa shape index (κ3) is 6.03. The van der Waals surface area contributed by atoms with Crippen molar-refractivity contribution in [3.8, 4) is 0 Å². The standard InChI is InChI=1S/C9H13.3C3H7O.Hf/c1-2-3-6-9-7-4-5-8-9;3*1-3(2)4;/h4,7H,2-3,5-6H2,1H3;3*3H,1-2H3;/q;3*-1;+3. The van der Waals surface area contributed by atoms with Crippen molar-refractivity contribution >= 4 is 0 Å². The summed E-state index contributed by atoms with van der Waals surface area (Å²) in [6.07, 6.45) is 9.33. The van der Waals surface area contributed by atoms with E-state index in [1.165, 1.54) is 21.7 Å². The van der Waals surface area contributed by atoms with Crippen LogP contribution in [0.4, 0.5) is 0 Å². The Kier molecular flexibility index (Phi) is 8.76. The van der Waals surface area contributed by atoms with E-state index in [1.807, 2.05) is 0 Å². The molecule has 0 bridgehead atoms. The van der Waals surface area contributed by atoms with Crippen molar-refractivity contribution in [2.24, 2.45) is 0 Å². The van der Waals surface area contributed by atoms with Gasteiger partial charge >= 0.3 is 143 Å². The summed E-state index contributed by atoms with van der Waals surface area (Å²) in [7, 11) is 0. The molecular formula is C18H34HfO3. The van der Waals surface area contributed by atoms with Gasteiger partial charge in [-0.3, -0.25) is 0 Å². The zero-order valence-electron chi connectivity index (χ0n) is 15.4. The van der Waals surface area contributed by atoms with E-state index >= 15 is 0 Å². The van der Waals surface area contributed by atoms with Gasteiger partial charge in [0.2, 0.25) is 0 Å². The summed E-state index contributed by atoms with van der Waals surface area (Å²) < 4.78 is 20.7. The molecule has 4 heteroatoms. The molecule has 0 saturated carbocycles. The molecule has 0 saturated heterocycles. The first kappa shape index (κ1) is 20.3. The van der Waals surface area contributed by atoms with Crippen molar-refractivity contribution in [1.82, 2.24) is 0 Å². The van der Waals surface area contributed by atoms with Crippen LogP contribution < -0.4 is 0 Å². The Labute approximate surface area is 143 Å². The van der Waals surface area contributed by atoms with E-state index in [1.54, 1.807) is 0 Å². The van der Waals surface area contributed by atoms with Crippen LogP contribution in [-0.2, 0) is 29.8 Å². The normalized spacial score (nSPS) is 15.9. The van der Waals surface area contributed by atoms with Crippen LogP contribution in [-0.4, -0.2) is 18.3 Å². The van der Waals surface area contributed by atoms with Crippen molar-refractivity contribution < 1.29 is 29.8 Å². The monoisotopic (exact) mass is 478 g/mol. The van der Waals surface area contributed by atoms with Gasteiger partial charge in [-0.2, -0.15) is 0 Å².